The second kappa shape index (κ2) is 4.18. The number of hydrogen-bond acceptors (Lipinski definition) is 3. The Morgan fingerprint density at radius 2 is 1.89 bits per heavy atom. The Labute approximate surface area is 105 Å². The molecule has 0 spiro atoms. The van der Waals surface area contributed by atoms with Gasteiger partial charge >= 0.3 is 5.97 Å². The third kappa shape index (κ3) is 1.84. The molecule has 3 rings (SSSR count). The van der Waals surface area contributed by atoms with Gasteiger partial charge in [-0.2, -0.15) is 0 Å². The molecule has 18 heavy (non-hydrogen) atoms. The molecule has 0 fully saturated rings. The second-order valence-electron chi connectivity index (χ2n) is 4.36. The summed E-state index contributed by atoms with van der Waals surface area (Å²) in [5, 5.41) is 9.58. The van der Waals surface area contributed by atoms with E-state index in [1.807, 2.05) is 30.3 Å². The monoisotopic (exact) mass is 240 g/mol. The highest BCUT2D eigenvalue weighted by Gasteiger charge is 2.28. The number of carbonyl (C=O) groups is 1. The lowest BCUT2D eigenvalue weighted by molar-refractivity contribution is -0.135. The lowest BCUT2D eigenvalue weighted by atomic mass is 9.86. The SMILES string of the molecule is O=C1C[C@@H](c2ccccc2)c2cc(O)ccc2O1. The molecule has 3 nitrogen and oxygen atoms in total. The van der Waals surface area contributed by atoms with Gasteiger partial charge in [-0.3, -0.25) is 4.79 Å². The van der Waals surface area contributed by atoms with E-state index in [0.717, 1.165) is 11.1 Å². The molecule has 1 N–H and O–H groups in total. The van der Waals surface area contributed by atoms with Crippen LogP contribution in [-0.2, 0) is 4.79 Å². The third-order valence-corrected chi connectivity index (χ3v) is 3.17. The number of esters is 1. The van der Waals surface area contributed by atoms with Crippen LogP contribution in [0.2, 0.25) is 0 Å². The zero-order chi connectivity index (χ0) is 12.5. The summed E-state index contributed by atoms with van der Waals surface area (Å²) in [6.45, 7) is 0. The van der Waals surface area contributed by atoms with Crippen molar-refractivity contribution in [2.45, 2.75) is 12.3 Å². The molecule has 1 aliphatic heterocycles. The van der Waals surface area contributed by atoms with Gasteiger partial charge in [0.15, 0.2) is 0 Å². The summed E-state index contributed by atoms with van der Waals surface area (Å²) in [5.74, 6) is 0.446. The molecule has 1 heterocycles. The first kappa shape index (κ1) is 10.8. The Morgan fingerprint density at radius 3 is 2.67 bits per heavy atom. The predicted molar refractivity (Wildman–Crippen MR) is 66.6 cm³/mol. The van der Waals surface area contributed by atoms with E-state index >= 15 is 0 Å². The van der Waals surface area contributed by atoms with Crippen molar-refractivity contribution in [3.8, 4) is 11.5 Å². The molecule has 1 aliphatic rings. The van der Waals surface area contributed by atoms with Crippen molar-refractivity contribution < 1.29 is 14.6 Å². The van der Waals surface area contributed by atoms with E-state index < -0.39 is 0 Å². The van der Waals surface area contributed by atoms with Crippen molar-refractivity contribution in [2.75, 3.05) is 0 Å². The Kier molecular flexibility index (Phi) is 2.52. The van der Waals surface area contributed by atoms with E-state index in [1.165, 1.54) is 6.07 Å². The minimum atomic E-state index is -0.234. The first-order valence-corrected chi connectivity index (χ1v) is 5.82. The molecule has 0 saturated heterocycles. The van der Waals surface area contributed by atoms with Crippen LogP contribution in [0.1, 0.15) is 23.5 Å². The van der Waals surface area contributed by atoms with Crippen LogP contribution in [0, 0.1) is 0 Å². The van der Waals surface area contributed by atoms with E-state index in [9.17, 15) is 9.90 Å². The Bertz CT molecular complexity index is 590. The van der Waals surface area contributed by atoms with Crippen molar-refractivity contribution in [2.24, 2.45) is 0 Å². The largest absolute Gasteiger partial charge is 0.508 e. The van der Waals surface area contributed by atoms with E-state index in [2.05, 4.69) is 0 Å². The van der Waals surface area contributed by atoms with Gasteiger partial charge in [0, 0.05) is 11.5 Å². The summed E-state index contributed by atoms with van der Waals surface area (Å²) in [7, 11) is 0. The topological polar surface area (TPSA) is 46.5 Å². The minimum absolute atomic E-state index is 0.0467. The van der Waals surface area contributed by atoms with E-state index in [1.54, 1.807) is 12.1 Å². The zero-order valence-electron chi connectivity index (χ0n) is 9.67. The summed E-state index contributed by atoms with van der Waals surface area (Å²) in [4.78, 5) is 11.6. The fourth-order valence-electron chi connectivity index (χ4n) is 2.32. The van der Waals surface area contributed by atoms with Crippen molar-refractivity contribution in [3.05, 3.63) is 59.7 Å². The second-order valence-corrected chi connectivity index (χ2v) is 4.36. The average molecular weight is 240 g/mol. The number of carbonyl (C=O) groups excluding carboxylic acids is 1. The van der Waals surface area contributed by atoms with Crippen LogP contribution in [0.15, 0.2) is 48.5 Å². The molecular weight excluding hydrogens is 228 g/mol. The van der Waals surface area contributed by atoms with Crippen molar-refractivity contribution in [1.82, 2.24) is 0 Å². The Balaban J connectivity index is 2.12. The van der Waals surface area contributed by atoms with Crippen LogP contribution in [0.4, 0.5) is 0 Å². The standard InChI is InChI=1S/C15H12O3/c16-11-6-7-14-13(8-11)12(9-15(17)18-14)10-4-2-1-3-5-10/h1-8,12,16H,9H2/t12-/m0/s1. The molecule has 0 aliphatic carbocycles. The van der Waals surface area contributed by atoms with E-state index in [-0.39, 0.29) is 17.6 Å². The molecule has 0 unspecified atom stereocenters. The number of phenols is 1. The molecule has 0 saturated carbocycles. The number of benzene rings is 2. The quantitative estimate of drug-likeness (QED) is 0.616. The lowest BCUT2D eigenvalue weighted by Gasteiger charge is -2.24. The van der Waals surface area contributed by atoms with Gasteiger partial charge in [0.2, 0.25) is 0 Å². The van der Waals surface area contributed by atoms with Crippen LogP contribution >= 0.6 is 0 Å². The zero-order valence-corrected chi connectivity index (χ0v) is 9.67. The maximum Gasteiger partial charge on any atom is 0.312 e. The number of fused-ring (bicyclic) bond motifs is 1. The van der Waals surface area contributed by atoms with Crippen molar-refractivity contribution >= 4 is 5.97 Å². The Hall–Kier alpha value is -2.29. The first-order valence-electron chi connectivity index (χ1n) is 5.82. The van der Waals surface area contributed by atoms with Gasteiger partial charge in [0.1, 0.15) is 11.5 Å². The van der Waals surface area contributed by atoms with Crippen LogP contribution in [0.25, 0.3) is 0 Å². The Morgan fingerprint density at radius 1 is 1.11 bits per heavy atom. The molecular formula is C15H12O3. The number of aromatic hydroxyl groups is 1. The summed E-state index contributed by atoms with van der Waals surface area (Å²) < 4.78 is 5.19. The molecule has 0 aromatic heterocycles. The summed E-state index contributed by atoms with van der Waals surface area (Å²) in [6.07, 6.45) is 0.306. The van der Waals surface area contributed by atoms with Gasteiger partial charge in [-0.15, -0.1) is 0 Å². The number of hydrogen-bond donors (Lipinski definition) is 1. The minimum Gasteiger partial charge on any atom is -0.508 e. The third-order valence-electron chi connectivity index (χ3n) is 3.17. The summed E-state index contributed by atoms with van der Waals surface area (Å²) in [5.41, 5.74) is 1.92. The smallest absolute Gasteiger partial charge is 0.312 e. The summed E-state index contributed by atoms with van der Waals surface area (Å²) in [6, 6.07) is 14.6. The molecule has 3 heteroatoms. The number of phenolic OH excluding ortho intramolecular Hbond substituents is 1. The average Bonchev–Trinajstić information content (AvgIpc) is 2.39. The first-order chi connectivity index (χ1) is 8.74. The normalized spacial score (nSPS) is 18.0. The molecule has 1 atom stereocenters. The maximum absolute atomic E-state index is 11.6. The number of rotatable bonds is 1. The molecule has 2 aromatic carbocycles. The van der Waals surface area contributed by atoms with Crippen LogP contribution in [-0.4, -0.2) is 11.1 Å². The molecule has 0 radical (unpaired) electrons. The van der Waals surface area contributed by atoms with Gasteiger partial charge in [-0.05, 0) is 23.8 Å². The highest BCUT2D eigenvalue weighted by molar-refractivity contribution is 5.77. The van der Waals surface area contributed by atoms with Crippen LogP contribution in [0.3, 0.4) is 0 Å². The molecule has 0 amide bonds. The fraction of sp³-hybridized carbons (Fsp3) is 0.133. The number of ether oxygens (including phenoxy) is 1. The highest BCUT2D eigenvalue weighted by Crippen LogP contribution is 2.40. The predicted octanol–water partition coefficient (Wildman–Crippen LogP) is 2.83. The van der Waals surface area contributed by atoms with Gasteiger partial charge in [-0.1, -0.05) is 30.3 Å². The van der Waals surface area contributed by atoms with Crippen molar-refractivity contribution in [1.29, 1.82) is 0 Å². The van der Waals surface area contributed by atoms with Gasteiger partial charge < -0.3 is 9.84 Å². The van der Waals surface area contributed by atoms with Crippen LogP contribution < -0.4 is 4.74 Å². The highest BCUT2D eigenvalue weighted by atomic mass is 16.5. The van der Waals surface area contributed by atoms with Crippen molar-refractivity contribution in [3.63, 3.8) is 0 Å². The van der Waals surface area contributed by atoms with Gasteiger partial charge in [0.05, 0.1) is 6.42 Å². The molecule has 90 valence electrons. The lowest BCUT2D eigenvalue weighted by Crippen LogP contribution is -2.20. The van der Waals surface area contributed by atoms with Gasteiger partial charge in [-0.25, -0.2) is 0 Å². The summed E-state index contributed by atoms with van der Waals surface area (Å²) >= 11 is 0. The van der Waals surface area contributed by atoms with E-state index in [0.29, 0.717) is 12.2 Å². The molecule has 0 bridgehead atoms. The maximum atomic E-state index is 11.6. The van der Waals surface area contributed by atoms with Gasteiger partial charge in [0.25, 0.3) is 0 Å². The van der Waals surface area contributed by atoms with E-state index in [4.69, 9.17) is 4.74 Å². The van der Waals surface area contributed by atoms with Crippen LogP contribution in [0.5, 0.6) is 11.5 Å². The fourth-order valence-corrected chi connectivity index (χ4v) is 2.32. The molecule has 2 aromatic rings.